The SMILES string of the molecule is O=c1ccc2c(cnn2-c2c(Cl)cc([N+](=O)[O-])cc2Cl)n1Cc1ccncc1. The number of hydrogen-bond donors (Lipinski definition) is 0. The first-order valence-corrected chi connectivity index (χ1v) is 8.81. The molecule has 3 aromatic heterocycles. The molecule has 0 N–H and O–H groups in total. The molecule has 0 radical (unpaired) electrons. The third-order valence-corrected chi connectivity index (χ3v) is 4.82. The van der Waals surface area contributed by atoms with Gasteiger partial charge in [0.15, 0.2) is 0 Å². The van der Waals surface area contributed by atoms with Crippen molar-refractivity contribution in [3.63, 3.8) is 0 Å². The molecule has 0 unspecified atom stereocenters. The molecule has 0 aliphatic rings. The van der Waals surface area contributed by atoms with Crippen LogP contribution in [-0.2, 0) is 6.54 Å². The number of nitro groups is 1. The minimum absolute atomic E-state index is 0.0797. The largest absolute Gasteiger partial charge is 0.301 e. The van der Waals surface area contributed by atoms with E-state index in [0.29, 0.717) is 23.3 Å². The Kier molecular flexibility index (Phi) is 4.58. The van der Waals surface area contributed by atoms with Crippen LogP contribution < -0.4 is 5.56 Å². The summed E-state index contributed by atoms with van der Waals surface area (Å²) in [5, 5.41) is 15.5. The van der Waals surface area contributed by atoms with Gasteiger partial charge in [-0.1, -0.05) is 23.2 Å². The van der Waals surface area contributed by atoms with Crippen LogP contribution in [0.15, 0.2) is 59.8 Å². The number of nitrogens with zero attached hydrogens (tertiary/aromatic N) is 5. The molecular weight excluding hydrogens is 405 g/mol. The van der Waals surface area contributed by atoms with Gasteiger partial charge in [0.25, 0.3) is 11.2 Å². The molecule has 10 heteroatoms. The minimum atomic E-state index is -0.574. The molecule has 0 aliphatic carbocycles. The van der Waals surface area contributed by atoms with E-state index in [0.717, 1.165) is 5.56 Å². The summed E-state index contributed by atoms with van der Waals surface area (Å²) in [6.45, 7) is 0.339. The molecule has 0 fully saturated rings. The van der Waals surface area contributed by atoms with Crippen molar-refractivity contribution in [1.29, 1.82) is 0 Å². The Morgan fingerprint density at radius 1 is 1.04 bits per heavy atom. The van der Waals surface area contributed by atoms with Gasteiger partial charge in [0, 0.05) is 30.6 Å². The number of fused-ring (bicyclic) bond motifs is 1. The number of nitro benzene ring substituents is 1. The minimum Gasteiger partial charge on any atom is -0.301 e. The summed E-state index contributed by atoms with van der Waals surface area (Å²) >= 11 is 12.5. The molecule has 0 spiro atoms. The Balaban J connectivity index is 1.89. The van der Waals surface area contributed by atoms with Gasteiger partial charge in [-0.25, -0.2) is 4.68 Å². The van der Waals surface area contributed by atoms with Crippen LogP contribution in [0.1, 0.15) is 5.56 Å². The number of hydrogen-bond acceptors (Lipinski definition) is 5. The van der Waals surface area contributed by atoms with Crippen molar-refractivity contribution in [2.24, 2.45) is 0 Å². The van der Waals surface area contributed by atoms with Crippen molar-refractivity contribution >= 4 is 39.9 Å². The summed E-state index contributed by atoms with van der Waals surface area (Å²) in [7, 11) is 0. The van der Waals surface area contributed by atoms with E-state index in [1.54, 1.807) is 23.0 Å². The highest BCUT2D eigenvalue weighted by atomic mass is 35.5. The first-order valence-electron chi connectivity index (χ1n) is 8.06. The second-order valence-corrected chi connectivity index (χ2v) is 6.77. The molecule has 0 amide bonds. The standard InChI is InChI=1S/C18H11Cl2N5O3/c19-13-7-12(25(27)28)8-14(20)18(13)24-15-1-2-17(26)23(16(15)9-22-24)10-11-3-5-21-6-4-11/h1-9H,10H2. The van der Waals surface area contributed by atoms with E-state index in [4.69, 9.17) is 23.2 Å². The van der Waals surface area contributed by atoms with Crippen molar-refractivity contribution in [2.75, 3.05) is 0 Å². The highest BCUT2D eigenvalue weighted by Gasteiger charge is 2.19. The van der Waals surface area contributed by atoms with Crippen molar-refractivity contribution in [3.8, 4) is 5.69 Å². The maximum Gasteiger partial charge on any atom is 0.272 e. The molecule has 0 atom stereocenters. The molecule has 4 aromatic rings. The van der Waals surface area contributed by atoms with Crippen LogP contribution in [0.5, 0.6) is 0 Å². The third-order valence-electron chi connectivity index (χ3n) is 4.24. The van der Waals surface area contributed by atoms with E-state index >= 15 is 0 Å². The summed E-state index contributed by atoms with van der Waals surface area (Å²) in [5.74, 6) is 0. The van der Waals surface area contributed by atoms with E-state index in [9.17, 15) is 14.9 Å². The normalized spacial score (nSPS) is 11.1. The third kappa shape index (κ3) is 3.12. The summed E-state index contributed by atoms with van der Waals surface area (Å²) < 4.78 is 3.04. The second-order valence-electron chi connectivity index (χ2n) is 5.96. The number of aromatic nitrogens is 4. The van der Waals surface area contributed by atoms with E-state index in [-0.39, 0.29) is 21.3 Å². The first kappa shape index (κ1) is 18.1. The lowest BCUT2D eigenvalue weighted by atomic mass is 10.2. The van der Waals surface area contributed by atoms with Crippen molar-refractivity contribution in [1.82, 2.24) is 19.3 Å². The molecule has 0 saturated heterocycles. The van der Waals surface area contributed by atoms with Gasteiger partial charge in [-0.15, -0.1) is 0 Å². The van der Waals surface area contributed by atoms with Gasteiger partial charge in [-0.05, 0) is 23.8 Å². The Labute approximate surface area is 167 Å². The van der Waals surface area contributed by atoms with Crippen molar-refractivity contribution < 1.29 is 4.92 Å². The average Bonchev–Trinajstić information content (AvgIpc) is 3.08. The Morgan fingerprint density at radius 2 is 1.71 bits per heavy atom. The highest BCUT2D eigenvalue weighted by molar-refractivity contribution is 6.38. The fraction of sp³-hybridized carbons (Fsp3) is 0.0556. The van der Waals surface area contributed by atoms with E-state index in [2.05, 4.69) is 10.1 Å². The van der Waals surface area contributed by atoms with Gasteiger partial charge < -0.3 is 4.57 Å². The van der Waals surface area contributed by atoms with Crippen LogP contribution in [0.2, 0.25) is 10.0 Å². The van der Waals surface area contributed by atoms with Crippen molar-refractivity contribution in [3.05, 3.63) is 91.1 Å². The maximum absolute atomic E-state index is 12.4. The summed E-state index contributed by atoms with van der Waals surface area (Å²) in [4.78, 5) is 26.8. The average molecular weight is 416 g/mol. The quantitative estimate of drug-likeness (QED) is 0.372. The zero-order valence-corrected chi connectivity index (χ0v) is 15.6. The van der Waals surface area contributed by atoms with Gasteiger partial charge in [-0.3, -0.25) is 19.9 Å². The van der Waals surface area contributed by atoms with Crippen LogP contribution in [0.3, 0.4) is 0 Å². The van der Waals surface area contributed by atoms with Crippen LogP contribution in [0.25, 0.3) is 16.7 Å². The molecule has 4 rings (SSSR count). The van der Waals surface area contributed by atoms with Crippen LogP contribution >= 0.6 is 23.2 Å². The monoisotopic (exact) mass is 415 g/mol. The molecule has 3 heterocycles. The molecule has 0 saturated carbocycles. The highest BCUT2D eigenvalue weighted by Crippen LogP contribution is 2.34. The predicted octanol–water partition coefficient (Wildman–Crippen LogP) is 3.85. The van der Waals surface area contributed by atoms with Gasteiger partial charge in [0.2, 0.25) is 0 Å². The molecule has 0 aliphatic heterocycles. The number of pyridine rings is 2. The topological polar surface area (TPSA) is 95.9 Å². The summed E-state index contributed by atoms with van der Waals surface area (Å²) in [6.07, 6.45) is 4.84. The maximum atomic E-state index is 12.4. The fourth-order valence-corrected chi connectivity index (χ4v) is 3.58. The molecule has 0 bridgehead atoms. The lowest BCUT2D eigenvalue weighted by Crippen LogP contribution is -2.19. The lowest BCUT2D eigenvalue weighted by molar-refractivity contribution is -0.384. The summed E-state index contributed by atoms with van der Waals surface area (Å²) in [5.41, 5.74) is 1.97. The zero-order valence-electron chi connectivity index (χ0n) is 14.1. The Hall–Kier alpha value is -3.23. The Bertz CT molecular complexity index is 1240. The van der Waals surface area contributed by atoms with Crippen LogP contribution in [0.4, 0.5) is 5.69 Å². The Morgan fingerprint density at radius 3 is 2.36 bits per heavy atom. The molecule has 140 valence electrons. The van der Waals surface area contributed by atoms with Gasteiger partial charge in [0.05, 0.1) is 38.7 Å². The van der Waals surface area contributed by atoms with Gasteiger partial charge in [-0.2, -0.15) is 5.10 Å². The number of benzene rings is 1. The molecule has 8 nitrogen and oxygen atoms in total. The lowest BCUT2D eigenvalue weighted by Gasteiger charge is -2.10. The van der Waals surface area contributed by atoms with Crippen LogP contribution in [0, 0.1) is 10.1 Å². The van der Waals surface area contributed by atoms with Gasteiger partial charge >= 0.3 is 0 Å². The number of halogens is 2. The van der Waals surface area contributed by atoms with E-state index < -0.39 is 4.92 Å². The number of non-ortho nitro benzene ring substituents is 1. The number of rotatable bonds is 4. The van der Waals surface area contributed by atoms with E-state index in [1.807, 2.05) is 12.1 Å². The van der Waals surface area contributed by atoms with E-state index in [1.165, 1.54) is 29.1 Å². The molecular formula is C18H11Cl2N5O3. The van der Waals surface area contributed by atoms with Crippen LogP contribution in [-0.4, -0.2) is 24.3 Å². The predicted molar refractivity (Wildman–Crippen MR) is 105 cm³/mol. The molecule has 28 heavy (non-hydrogen) atoms. The smallest absolute Gasteiger partial charge is 0.272 e. The van der Waals surface area contributed by atoms with Gasteiger partial charge in [0.1, 0.15) is 5.69 Å². The first-order chi connectivity index (χ1) is 13.5. The fourth-order valence-electron chi connectivity index (χ4n) is 2.94. The second kappa shape index (κ2) is 7.06. The summed E-state index contributed by atoms with van der Waals surface area (Å²) in [6, 6.07) is 9.10. The zero-order chi connectivity index (χ0) is 19.8. The van der Waals surface area contributed by atoms with Crippen molar-refractivity contribution in [2.45, 2.75) is 6.54 Å². The molecule has 1 aromatic carbocycles.